The van der Waals surface area contributed by atoms with Crippen LogP contribution >= 0.6 is 0 Å². The molecule has 1 aromatic rings. The van der Waals surface area contributed by atoms with E-state index in [9.17, 15) is 0 Å². The van der Waals surface area contributed by atoms with Crippen molar-refractivity contribution in [2.45, 2.75) is 25.3 Å². The quantitative estimate of drug-likeness (QED) is 0.611. The topological polar surface area (TPSA) is 12.0 Å². The first-order chi connectivity index (χ1) is 5.84. The molecule has 1 fully saturated rings. The van der Waals surface area contributed by atoms with E-state index in [1.165, 1.54) is 18.5 Å². The lowest BCUT2D eigenvalue weighted by Crippen LogP contribution is -2.19. The second-order valence-electron chi connectivity index (χ2n) is 4.03. The largest absolute Gasteiger partial charge is 0.309 e. The van der Waals surface area contributed by atoms with Crippen molar-refractivity contribution in [2.75, 3.05) is 6.54 Å². The fraction of sp³-hybridized carbons (Fsp3) is 0.455. The van der Waals surface area contributed by atoms with Crippen molar-refractivity contribution in [3.05, 3.63) is 34.9 Å². The Bertz CT molecular complexity index is 330. The van der Waals surface area contributed by atoms with Crippen LogP contribution in [-0.2, 0) is 0 Å². The number of nitrogens with one attached hydrogen (secondary N) is 1. The minimum Gasteiger partial charge on any atom is -0.309 e. The van der Waals surface area contributed by atoms with E-state index in [0.29, 0.717) is 6.04 Å². The van der Waals surface area contributed by atoms with Crippen LogP contribution in [0.3, 0.4) is 0 Å². The molecular weight excluding hydrogens is 146 g/mol. The fourth-order valence-electron chi connectivity index (χ4n) is 2.57. The van der Waals surface area contributed by atoms with Crippen LogP contribution in [0.25, 0.3) is 0 Å². The van der Waals surface area contributed by atoms with Gasteiger partial charge in [-0.1, -0.05) is 23.8 Å². The zero-order chi connectivity index (χ0) is 8.13. The summed E-state index contributed by atoms with van der Waals surface area (Å²) in [5, 5.41) is 3.53. The summed E-state index contributed by atoms with van der Waals surface area (Å²) in [6, 6.07) is 7.55. The zero-order valence-corrected chi connectivity index (χ0v) is 7.30. The van der Waals surface area contributed by atoms with Gasteiger partial charge < -0.3 is 5.32 Å². The molecule has 1 heterocycles. The SMILES string of the molecule is Cc1ccc2c(c1)C1CNC2C1. The third-order valence-corrected chi connectivity index (χ3v) is 3.19. The van der Waals surface area contributed by atoms with Gasteiger partial charge in [0.25, 0.3) is 0 Å². The predicted molar refractivity (Wildman–Crippen MR) is 49.3 cm³/mol. The van der Waals surface area contributed by atoms with Gasteiger partial charge in [-0.3, -0.25) is 0 Å². The van der Waals surface area contributed by atoms with Gasteiger partial charge in [0.1, 0.15) is 0 Å². The highest BCUT2D eigenvalue weighted by Gasteiger charge is 2.35. The Balaban J connectivity index is 2.20. The van der Waals surface area contributed by atoms with Crippen LogP contribution in [0.15, 0.2) is 18.2 Å². The Morgan fingerprint density at radius 3 is 3.17 bits per heavy atom. The summed E-state index contributed by atoms with van der Waals surface area (Å²) in [7, 11) is 0. The summed E-state index contributed by atoms with van der Waals surface area (Å²) in [4.78, 5) is 0. The van der Waals surface area contributed by atoms with E-state index in [-0.39, 0.29) is 0 Å². The van der Waals surface area contributed by atoms with E-state index < -0.39 is 0 Å². The Morgan fingerprint density at radius 1 is 1.33 bits per heavy atom. The van der Waals surface area contributed by atoms with E-state index >= 15 is 0 Å². The summed E-state index contributed by atoms with van der Waals surface area (Å²) < 4.78 is 0. The minimum absolute atomic E-state index is 0.672. The number of hydrogen-bond donors (Lipinski definition) is 1. The van der Waals surface area contributed by atoms with Crippen molar-refractivity contribution >= 4 is 0 Å². The van der Waals surface area contributed by atoms with Gasteiger partial charge in [0, 0.05) is 12.6 Å². The lowest BCUT2D eigenvalue weighted by atomic mass is 9.98. The third kappa shape index (κ3) is 0.721. The van der Waals surface area contributed by atoms with Gasteiger partial charge >= 0.3 is 0 Å². The molecule has 2 atom stereocenters. The van der Waals surface area contributed by atoms with E-state index in [2.05, 4.69) is 30.4 Å². The summed E-state index contributed by atoms with van der Waals surface area (Å²) in [5.74, 6) is 0.810. The molecule has 2 bridgehead atoms. The van der Waals surface area contributed by atoms with Crippen molar-refractivity contribution in [3.63, 3.8) is 0 Å². The molecule has 62 valence electrons. The lowest BCUT2D eigenvalue weighted by molar-refractivity contribution is 0.650. The smallest absolute Gasteiger partial charge is 0.0329 e. The van der Waals surface area contributed by atoms with Gasteiger partial charge in [0.2, 0.25) is 0 Å². The van der Waals surface area contributed by atoms with Gasteiger partial charge in [-0.05, 0) is 30.4 Å². The van der Waals surface area contributed by atoms with Crippen molar-refractivity contribution in [2.24, 2.45) is 0 Å². The van der Waals surface area contributed by atoms with Gasteiger partial charge in [0.05, 0.1) is 0 Å². The van der Waals surface area contributed by atoms with Gasteiger partial charge in [-0.25, -0.2) is 0 Å². The molecule has 2 unspecified atom stereocenters. The van der Waals surface area contributed by atoms with Crippen molar-refractivity contribution < 1.29 is 0 Å². The van der Waals surface area contributed by atoms with Gasteiger partial charge in [0.15, 0.2) is 0 Å². The molecule has 0 saturated carbocycles. The van der Waals surface area contributed by atoms with Crippen LogP contribution in [0.4, 0.5) is 0 Å². The van der Waals surface area contributed by atoms with Crippen molar-refractivity contribution in [1.82, 2.24) is 5.32 Å². The molecule has 3 rings (SSSR count). The maximum absolute atomic E-state index is 3.53. The third-order valence-electron chi connectivity index (χ3n) is 3.19. The fourth-order valence-corrected chi connectivity index (χ4v) is 2.57. The number of hydrogen-bond acceptors (Lipinski definition) is 1. The molecule has 12 heavy (non-hydrogen) atoms. The molecule has 1 saturated heterocycles. The second kappa shape index (κ2) is 2.11. The zero-order valence-electron chi connectivity index (χ0n) is 7.30. The number of aryl methyl sites for hydroxylation is 1. The Hall–Kier alpha value is -0.820. The normalized spacial score (nSPS) is 30.8. The maximum Gasteiger partial charge on any atom is 0.0329 e. The van der Waals surface area contributed by atoms with Crippen LogP contribution in [0, 0.1) is 6.92 Å². The van der Waals surface area contributed by atoms with Crippen molar-refractivity contribution in [1.29, 1.82) is 0 Å². The predicted octanol–water partition coefficient (Wildman–Crippen LogP) is 2.13. The monoisotopic (exact) mass is 159 g/mol. The van der Waals surface area contributed by atoms with E-state index in [1.807, 2.05) is 0 Å². The number of rotatable bonds is 0. The lowest BCUT2D eigenvalue weighted by Gasteiger charge is -2.16. The second-order valence-corrected chi connectivity index (χ2v) is 4.03. The molecule has 0 amide bonds. The Labute approximate surface area is 72.8 Å². The van der Waals surface area contributed by atoms with Gasteiger partial charge in [-0.2, -0.15) is 0 Å². The first kappa shape index (κ1) is 6.67. The van der Waals surface area contributed by atoms with E-state index in [4.69, 9.17) is 0 Å². The molecule has 1 heteroatoms. The van der Waals surface area contributed by atoms with Crippen LogP contribution < -0.4 is 5.32 Å². The minimum atomic E-state index is 0.672. The molecule has 1 aromatic carbocycles. The maximum atomic E-state index is 3.53. The molecule has 1 N–H and O–H groups in total. The molecule has 2 aliphatic rings. The molecular formula is C11H13N. The van der Waals surface area contributed by atoms with E-state index in [1.54, 1.807) is 11.1 Å². The molecule has 0 aromatic heterocycles. The van der Waals surface area contributed by atoms with Gasteiger partial charge in [-0.15, -0.1) is 0 Å². The first-order valence-electron chi connectivity index (χ1n) is 4.68. The Kier molecular flexibility index (Phi) is 1.17. The molecule has 1 nitrogen and oxygen atoms in total. The molecule has 0 spiro atoms. The van der Waals surface area contributed by atoms with Crippen LogP contribution in [0.5, 0.6) is 0 Å². The molecule has 0 radical (unpaired) electrons. The summed E-state index contributed by atoms with van der Waals surface area (Å²) in [5.41, 5.74) is 4.57. The van der Waals surface area contributed by atoms with Crippen LogP contribution in [-0.4, -0.2) is 6.54 Å². The summed E-state index contributed by atoms with van der Waals surface area (Å²) in [6.07, 6.45) is 1.33. The highest BCUT2D eigenvalue weighted by molar-refractivity contribution is 5.43. The molecule has 1 aliphatic heterocycles. The standard InChI is InChI=1S/C11H13N/c1-7-2-3-9-10(4-7)8-5-11(9)12-6-8/h2-4,8,11-12H,5-6H2,1H3. The molecule has 1 aliphatic carbocycles. The Morgan fingerprint density at radius 2 is 2.25 bits per heavy atom. The van der Waals surface area contributed by atoms with Crippen LogP contribution in [0.1, 0.15) is 35.1 Å². The number of fused-ring (bicyclic) bond motifs is 5. The summed E-state index contributed by atoms with van der Waals surface area (Å²) >= 11 is 0. The van der Waals surface area contributed by atoms with E-state index in [0.717, 1.165) is 5.92 Å². The summed E-state index contributed by atoms with van der Waals surface area (Å²) in [6.45, 7) is 3.38. The average Bonchev–Trinajstić information content (AvgIpc) is 2.63. The first-order valence-corrected chi connectivity index (χ1v) is 4.68. The highest BCUT2D eigenvalue weighted by Crippen LogP contribution is 2.44. The average molecular weight is 159 g/mol. The highest BCUT2D eigenvalue weighted by atomic mass is 15.0. The van der Waals surface area contributed by atoms with Crippen LogP contribution in [0.2, 0.25) is 0 Å². The number of benzene rings is 1. The van der Waals surface area contributed by atoms with Crippen molar-refractivity contribution in [3.8, 4) is 0 Å².